The molecular weight excluding hydrogens is 875 g/mol. The number of hydrogen-bond donors (Lipinski definition) is 3. The Hall–Kier alpha value is -1.92. The molecule has 6 heteroatoms. The van der Waals surface area contributed by atoms with E-state index in [9.17, 15) is 19.8 Å². The van der Waals surface area contributed by atoms with Gasteiger partial charge in [0.25, 0.3) is 0 Å². The Labute approximate surface area is 443 Å². The summed E-state index contributed by atoms with van der Waals surface area (Å²) in [6, 6.07) is -0.565. The van der Waals surface area contributed by atoms with Gasteiger partial charge in [0.15, 0.2) is 0 Å². The van der Waals surface area contributed by atoms with Crippen molar-refractivity contribution in [3.8, 4) is 0 Å². The topological polar surface area (TPSA) is 95.9 Å². The molecule has 0 aliphatic rings. The van der Waals surface area contributed by atoms with Crippen molar-refractivity contribution in [2.45, 2.75) is 353 Å². The van der Waals surface area contributed by atoms with Crippen LogP contribution in [0, 0.1) is 0 Å². The molecule has 0 saturated heterocycles. The number of unbranched alkanes of at least 4 members (excludes halogenated alkanes) is 42. The van der Waals surface area contributed by atoms with Crippen molar-refractivity contribution in [1.82, 2.24) is 5.32 Å². The Morgan fingerprint density at radius 1 is 0.394 bits per heavy atom. The molecule has 0 aromatic heterocycles. The molecule has 0 radical (unpaired) electrons. The highest BCUT2D eigenvalue weighted by Crippen LogP contribution is 2.18. The quantitative estimate of drug-likeness (QED) is 0.0321. The van der Waals surface area contributed by atoms with Gasteiger partial charge in [-0.05, 0) is 83.5 Å². The maximum atomic E-state index is 12.5. The van der Waals surface area contributed by atoms with Gasteiger partial charge in [-0.25, -0.2) is 0 Å². The number of carbonyl (C=O) groups excluding carboxylic acids is 2. The van der Waals surface area contributed by atoms with Gasteiger partial charge in [-0.2, -0.15) is 0 Å². The first kappa shape index (κ1) is 69.1. The summed E-state index contributed by atoms with van der Waals surface area (Å²) in [4.78, 5) is 24.6. The van der Waals surface area contributed by atoms with E-state index in [1.807, 2.05) is 0 Å². The van der Waals surface area contributed by atoms with E-state index in [2.05, 4.69) is 55.6 Å². The molecule has 0 aromatic carbocycles. The second kappa shape index (κ2) is 60.6. The van der Waals surface area contributed by atoms with Crippen molar-refractivity contribution >= 4 is 11.9 Å². The number of aliphatic hydroxyl groups is 2. The zero-order chi connectivity index (χ0) is 51.4. The Morgan fingerprint density at radius 3 is 1.11 bits per heavy atom. The Morgan fingerprint density at radius 2 is 0.704 bits per heavy atom. The Balaban J connectivity index is 3.48. The molecule has 6 nitrogen and oxygen atoms in total. The minimum Gasteiger partial charge on any atom is -0.466 e. The van der Waals surface area contributed by atoms with Crippen LogP contribution in [-0.4, -0.2) is 47.4 Å². The van der Waals surface area contributed by atoms with Crippen LogP contribution in [0.25, 0.3) is 0 Å². The first-order valence-corrected chi connectivity index (χ1v) is 31.7. The first-order valence-electron chi connectivity index (χ1n) is 31.7. The first-order chi connectivity index (χ1) is 35.0. The molecule has 1 amide bonds. The molecule has 71 heavy (non-hydrogen) atoms. The maximum Gasteiger partial charge on any atom is 0.305 e. The smallest absolute Gasteiger partial charge is 0.305 e. The normalized spacial score (nSPS) is 12.8. The summed E-state index contributed by atoms with van der Waals surface area (Å²) in [5.74, 6) is -0.0953. The molecule has 0 aromatic rings. The van der Waals surface area contributed by atoms with Crippen molar-refractivity contribution < 1.29 is 24.5 Å². The third-order valence-corrected chi connectivity index (χ3v) is 14.7. The fourth-order valence-corrected chi connectivity index (χ4v) is 9.78. The zero-order valence-electron chi connectivity index (χ0n) is 47.7. The van der Waals surface area contributed by atoms with Gasteiger partial charge in [0.05, 0.1) is 25.4 Å². The monoisotopic (exact) mass is 998 g/mol. The molecule has 0 aliphatic heterocycles. The largest absolute Gasteiger partial charge is 0.466 e. The lowest BCUT2D eigenvalue weighted by Crippen LogP contribution is -2.45. The molecule has 0 saturated carbocycles. The molecule has 418 valence electrons. The molecule has 0 fully saturated rings. The predicted molar refractivity (Wildman–Crippen MR) is 310 cm³/mol. The second-order valence-corrected chi connectivity index (χ2v) is 21.7. The number of nitrogens with one attached hydrogen (secondary N) is 1. The fourth-order valence-electron chi connectivity index (χ4n) is 9.78. The van der Waals surface area contributed by atoms with Crippen molar-refractivity contribution in [2.24, 2.45) is 0 Å². The van der Waals surface area contributed by atoms with Gasteiger partial charge in [0, 0.05) is 12.8 Å². The third kappa shape index (κ3) is 57.2. The van der Waals surface area contributed by atoms with Crippen LogP contribution in [-0.2, 0) is 14.3 Å². The van der Waals surface area contributed by atoms with Crippen LogP contribution in [0.3, 0.4) is 0 Å². The van der Waals surface area contributed by atoms with Gasteiger partial charge in [-0.15, -0.1) is 0 Å². The zero-order valence-corrected chi connectivity index (χ0v) is 47.7. The van der Waals surface area contributed by atoms with Crippen LogP contribution < -0.4 is 5.32 Å². The average Bonchev–Trinajstić information content (AvgIpc) is 3.37. The van der Waals surface area contributed by atoms with Crippen molar-refractivity contribution in [1.29, 1.82) is 0 Å². The van der Waals surface area contributed by atoms with Crippen LogP contribution in [0.2, 0.25) is 0 Å². The Bertz CT molecular complexity index is 1150. The second-order valence-electron chi connectivity index (χ2n) is 21.7. The number of esters is 1. The SMILES string of the molecule is CCCCC/C=C\C/C=C\CCCCCCCCCCCC(=O)OCCCC/C=C\CCCCCCCC(=O)NC(CO)C(O)CCCCCCCCCCCCCCCCCCCCCCCCCC. The molecule has 0 aliphatic carbocycles. The summed E-state index contributed by atoms with van der Waals surface area (Å²) >= 11 is 0. The van der Waals surface area contributed by atoms with Gasteiger partial charge < -0.3 is 20.3 Å². The van der Waals surface area contributed by atoms with Gasteiger partial charge in [0.1, 0.15) is 0 Å². The number of amides is 1. The molecule has 3 N–H and O–H groups in total. The Kier molecular flexibility index (Phi) is 59.0. The van der Waals surface area contributed by atoms with Crippen molar-refractivity contribution in [3.05, 3.63) is 36.5 Å². The summed E-state index contributed by atoms with van der Waals surface area (Å²) in [6.45, 7) is 4.87. The molecule has 0 rings (SSSR count). The summed E-state index contributed by atoms with van der Waals surface area (Å²) < 4.78 is 5.46. The lowest BCUT2D eigenvalue weighted by molar-refractivity contribution is -0.143. The summed E-state index contributed by atoms with van der Waals surface area (Å²) in [7, 11) is 0. The van der Waals surface area contributed by atoms with E-state index in [1.165, 1.54) is 218 Å². The number of hydrogen-bond acceptors (Lipinski definition) is 5. The van der Waals surface area contributed by atoms with Crippen LogP contribution in [0.4, 0.5) is 0 Å². The van der Waals surface area contributed by atoms with Crippen molar-refractivity contribution in [2.75, 3.05) is 13.2 Å². The van der Waals surface area contributed by atoms with Gasteiger partial charge in [-0.1, -0.05) is 281 Å². The molecule has 0 spiro atoms. The minimum atomic E-state index is -0.685. The number of allylic oxidation sites excluding steroid dienone is 6. The van der Waals surface area contributed by atoms with E-state index in [0.29, 0.717) is 25.9 Å². The summed E-state index contributed by atoms with van der Waals surface area (Å²) in [5.41, 5.74) is 0. The van der Waals surface area contributed by atoms with Gasteiger partial charge in [0.2, 0.25) is 5.91 Å². The molecule has 2 unspecified atom stereocenters. The maximum absolute atomic E-state index is 12.5. The van der Waals surface area contributed by atoms with E-state index in [4.69, 9.17) is 4.74 Å². The molecule has 0 heterocycles. The van der Waals surface area contributed by atoms with Crippen LogP contribution >= 0.6 is 0 Å². The average molecular weight is 999 g/mol. The van der Waals surface area contributed by atoms with Gasteiger partial charge in [-0.3, -0.25) is 9.59 Å². The lowest BCUT2D eigenvalue weighted by atomic mass is 10.0. The highest BCUT2D eigenvalue weighted by Gasteiger charge is 2.20. The highest BCUT2D eigenvalue weighted by molar-refractivity contribution is 5.76. The van der Waals surface area contributed by atoms with E-state index >= 15 is 0 Å². The number of carbonyl (C=O) groups is 2. The van der Waals surface area contributed by atoms with E-state index in [-0.39, 0.29) is 18.5 Å². The third-order valence-electron chi connectivity index (χ3n) is 14.7. The summed E-state index contributed by atoms with van der Waals surface area (Å²) in [5, 5.41) is 23.4. The highest BCUT2D eigenvalue weighted by atomic mass is 16.5. The lowest BCUT2D eigenvalue weighted by Gasteiger charge is -2.22. The number of aliphatic hydroxyl groups excluding tert-OH is 2. The molecule has 0 bridgehead atoms. The van der Waals surface area contributed by atoms with Crippen molar-refractivity contribution in [3.63, 3.8) is 0 Å². The van der Waals surface area contributed by atoms with E-state index < -0.39 is 12.1 Å². The van der Waals surface area contributed by atoms with E-state index in [1.54, 1.807) is 0 Å². The molecule has 2 atom stereocenters. The number of rotatable bonds is 59. The summed E-state index contributed by atoms with van der Waals surface area (Å²) in [6.07, 6.45) is 75.8. The van der Waals surface area contributed by atoms with E-state index in [0.717, 1.165) is 89.9 Å². The van der Waals surface area contributed by atoms with Crippen LogP contribution in [0.5, 0.6) is 0 Å². The fraction of sp³-hybridized carbons (Fsp3) is 0.877. The van der Waals surface area contributed by atoms with Gasteiger partial charge >= 0.3 is 5.97 Å². The molecular formula is C65H123NO5. The number of ether oxygens (including phenoxy) is 1. The minimum absolute atomic E-state index is 0.0340. The standard InChI is InChI=1S/C65H123NO5/c1-3-5-7-9-11-13-15-17-19-21-23-24-25-26-27-29-30-32-34-37-41-45-49-53-57-63(68)62(61-67)66-64(69)58-54-50-46-42-38-36-40-44-48-52-56-60-71-65(70)59-55-51-47-43-39-35-33-31-28-22-20-18-16-14-12-10-8-6-4-2/h12,14,18,20,40,44,62-63,67-68H,3-11,13,15-17,19,21-39,41-43,45-61H2,1-2H3,(H,66,69)/b14-12-,20-18-,44-40-. The van der Waals surface area contributed by atoms with Crippen LogP contribution in [0.15, 0.2) is 36.5 Å². The van der Waals surface area contributed by atoms with Crippen LogP contribution in [0.1, 0.15) is 341 Å². The predicted octanol–water partition coefficient (Wildman–Crippen LogP) is 20.0.